The van der Waals surface area contributed by atoms with Crippen LogP contribution in [0.15, 0.2) is 42.5 Å². The number of piperidine rings is 1. The van der Waals surface area contributed by atoms with E-state index in [2.05, 4.69) is 4.90 Å². The Bertz CT molecular complexity index is 1100. The van der Waals surface area contributed by atoms with Gasteiger partial charge in [-0.15, -0.1) is 0 Å². The summed E-state index contributed by atoms with van der Waals surface area (Å²) in [6.07, 6.45) is 4.75. The zero-order valence-electron chi connectivity index (χ0n) is 19.6. The van der Waals surface area contributed by atoms with Crippen molar-refractivity contribution in [2.75, 3.05) is 13.1 Å². The predicted octanol–water partition coefficient (Wildman–Crippen LogP) is 3.33. The largest absolute Gasteiger partial charge is 0.380 e. The number of primary amides is 1. The van der Waals surface area contributed by atoms with Crippen LogP contribution in [0, 0.1) is 11.6 Å². The van der Waals surface area contributed by atoms with Gasteiger partial charge in [0.05, 0.1) is 6.54 Å². The summed E-state index contributed by atoms with van der Waals surface area (Å²) in [4.78, 5) is 28.4. The van der Waals surface area contributed by atoms with Gasteiger partial charge in [-0.1, -0.05) is 18.2 Å². The van der Waals surface area contributed by atoms with E-state index in [9.17, 15) is 23.5 Å². The lowest BCUT2D eigenvalue weighted by Crippen LogP contribution is -2.48. The number of fused-ring (bicyclic) bond motifs is 2. The van der Waals surface area contributed by atoms with Gasteiger partial charge >= 0.3 is 0 Å². The fraction of sp³-hybridized carbons (Fsp3) is 0.481. The van der Waals surface area contributed by atoms with Crippen LogP contribution in [-0.4, -0.2) is 57.5 Å². The maximum Gasteiger partial charge on any atom is 0.254 e. The number of aliphatic hydroxyl groups is 1. The van der Waals surface area contributed by atoms with Crippen LogP contribution >= 0.6 is 0 Å². The number of halogens is 2. The molecule has 3 atom stereocenters. The van der Waals surface area contributed by atoms with Crippen molar-refractivity contribution < 1.29 is 23.5 Å². The Kier molecular flexibility index (Phi) is 6.36. The molecule has 2 aliphatic heterocycles. The summed E-state index contributed by atoms with van der Waals surface area (Å²) in [5, 5.41) is 10.4. The quantitative estimate of drug-likeness (QED) is 0.603. The van der Waals surface area contributed by atoms with E-state index >= 15 is 0 Å². The number of hydrogen-bond donors (Lipinski definition) is 2. The lowest BCUT2D eigenvalue weighted by Gasteiger charge is -2.40. The number of carbonyl (C=O) groups is 2. The Morgan fingerprint density at radius 3 is 2.29 bits per heavy atom. The van der Waals surface area contributed by atoms with Gasteiger partial charge in [0, 0.05) is 36.3 Å². The molecule has 3 fully saturated rings. The van der Waals surface area contributed by atoms with Gasteiger partial charge in [-0.25, -0.2) is 8.78 Å². The molecular weight excluding hydrogens is 452 g/mol. The number of carbonyl (C=O) groups excluding carboxylic acids is 2. The highest BCUT2D eigenvalue weighted by molar-refractivity contribution is 5.92. The third-order valence-corrected chi connectivity index (χ3v) is 7.97. The predicted molar refractivity (Wildman–Crippen MR) is 126 cm³/mol. The number of rotatable bonds is 8. The number of amides is 2. The van der Waals surface area contributed by atoms with Crippen LogP contribution in [-0.2, 0) is 11.3 Å². The summed E-state index contributed by atoms with van der Waals surface area (Å²) < 4.78 is 28.6. The second kappa shape index (κ2) is 9.32. The van der Waals surface area contributed by atoms with Crippen molar-refractivity contribution in [3.8, 4) is 0 Å². The van der Waals surface area contributed by atoms with Crippen LogP contribution in [0.5, 0.6) is 0 Å². The zero-order chi connectivity index (χ0) is 24.7. The van der Waals surface area contributed by atoms with E-state index in [1.165, 1.54) is 23.1 Å². The highest BCUT2D eigenvalue weighted by atomic mass is 19.1. The summed E-state index contributed by atoms with van der Waals surface area (Å²) in [6.45, 7) is 0.677. The van der Waals surface area contributed by atoms with Gasteiger partial charge in [0.15, 0.2) is 0 Å². The lowest BCUT2D eigenvalue weighted by atomic mass is 9.84. The first kappa shape index (κ1) is 23.9. The molecule has 3 N–H and O–H groups in total. The molecule has 186 valence electrons. The molecule has 2 aromatic rings. The number of benzene rings is 2. The van der Waals surface area contributed by atoms with Gasteiger partial charge in [-0.05, 0) is 74.3 Å². The van der Waals surface area contributed by atoms with E-state index in [1.807, 2.05) is 18.2 Å². The minimum Gasteiger partial charge on any atom is -0.380 e. The van der Waals surface area contributed by atoms with Crippen LogP contribution in [0.25, 0.3) is 0 Å². The van der Waals surface area contributed by atoms with Crippen molar-refractivity contribution in [1.29, 1.82) is 0 Å². The first-order chi connectivity index (χ1) is 16.7. The SMILES string of the molecule is NC(=O)c1cccc(C2C[C@H]3CC[C@@H](C2)N3CCN(Cc2c(F)cccc2F)C(=O)C2(O)CC2)c1. The van der Waals surface area contributed by atoms with E-state index < -0.39 is 29.0 Å². The van der Waals surface area contributed by atoms with E-state index in [-0.39, 0.29) is 12.1 Å². The second-order valence-electron chi connectivity index (χ2n) is 10.2. The van der Waals surface area contributed by atoms with Crippen LogP contribution < -0.4 is 5.73 Å². The molecule has 1 aliphatic carbocycles. The maximum absolute atomic E-state index is 14.3. The molecule has 2 aromatic carbocycles. The lowest BCUT2D eigenvalue weighted by molar-refractivity contribution is -0.143. The Hall–Kier alpha value is -2.84. The fourth-order valence-electron chi connectivity index (χ4n) is 5.85. The molecule has 2 bridgehead atoms. The normalized spacial score (nSPS) is 24.8. The van der Waals surface area contributed by atoms with E-state index in [0.29, 0.717) is 49.5 Å². The maximum atomic E-state index is 14.3. The van der Waals surface area contributed by atoms with Crippen LogP contribution in [0.2, 0.25) is 0 Å². The number of hydrogen-bond acceptors (Lipinski definition) is 4. The van der Waals surface area contributed by atoms with Crippen LogP contribution in [0.3, 0.4) is 0 Å². The van der Waals surface area contributed by atoms with Gasteiger partial charge in [-0.3, -0.25) is 14.5 Å². The van der Waals surface area contributed by atoms with Gasteiger partial charge in [0.2, 0.25) is 5.91 Å². The third-order valence-electron chi connectivity index (χ3n) is 7.97. The Morgan fingerprint density at radius 1 is 1.06 bits per heavy atom. The van der Waals surface area contributed by atoms with E-state index in [4.69, 9.17) is 5.73 Å². The summed E-state index contributed by atoms with van der Waals surface area (Å²) in [5.74, 6) is -1.93. The summed E-state index contributed by atoms with van der Waals surface area (Å²) in [5.41, 5.74) is 5.55. The van der Waals surface area contributed by atoms with Gasteiger partial charge < -0.3 is 15.7 Å². The smallest absolute Gasteiger partial charge is 0.254 e. The van der Waals surface area contributed by atoms with Gasteiger partial charge in [0.25, 0.3) is 5.91 Å². The minimum atomic E-state index is -1.40. The molecule has 5 rings (SSSR count). The second-order valence-corrected chi connectivity index (χ2v) is 10.2. The van der Waals surface area contributed by atoms with E-state index in [0.717, 1.165) is 31.2 Å². The molecule has 2 saturated heterocycles. The fourth-order valence-corrected chi connectivity index (χ4v) is 5.85. The standard InChI is InChI=1S/C27H31F2N3O3/c28-23-5-2-6-24(29)22(23)16-31(26(34)27(35)9-10-27)11-12-32-20-7-8-21(32)15-19(14-20)17-3-1-4-18(13-17)25(30)33/h1-6,13,19-21,35H,7-12,14-16H2,(H2,30,33)/t19?,20-,21+. The summed E-state index contributed by atoms with van der Waals surface area (Å²) in [6, 6.07) is 11.9. The van der Waals surface area contributed by atoms with Crippen LogP contribution in [0.1, 0.15) is 65.9 Å². The summed E-state index contributed by atoms with van der Waals surface area (Å²) >= 11 is 0. The van der Waals surface area contributed by atoms with Gasteiger partial charge in [-0.2, -0.15) is 0 Å². The molecule has 2 heterocycles. The minimum absolute atomic E-state index is 0.152. The first-order valence-corrected chi connectivity index (χ1v) is 12.4. The highest BCUT2D eigenvalue weighted by Crippen LogP contribution is 2.43. The van der Waals surface area contributed by atoms with Crippen LogP contribution in [0.4, 0.5) is 8.78 Å². The molecule has 8 heteroatoms. The van der Waals surface area contributed by atoms with Crippen molar-refractivity contribution in [2.24, 2.45) is 5.73 Å². The van der Waals surface area contributed by atoms with E-state index in [1.54, 1.807) is 6.07 Å². The molecule has 35 heavy (non-hydrogen) atoms. The molecule has 1 unspecified atom stereocenters. The topological polar surface area (TPSA) is 86.9 Å². The zero-order valence-corrected chi connectivity index (χ0v) is 19.6. The molecule has 2 amide bonds. The van der Waals surface area contributed by atoms with Gasteiger partial charge in [0.1, 0.15) is 17.2 Å². The average molecular weight is 484 g/mol. The van der Waals surface area contributed by atoms with Crippen molar-refractivity contribution in [1.82, 2.24) is 9.80 Å². The van der Waals surface area contributed by atoms with Crippen molar-refractivity contribution in [3.05, 3.63) is 70.8 Å². The molecule has 0 spiro atoms. The molecular formula is C27H31F2N3O3. The highest BCUT2D eigenvalue weighted by Gasteiger charge is 2.50. The molecule has 3 aliphatic rings. The summed E-state index contributed by atoms with van der Waals surface area (Å²) in [7, 11) is 0. The Labute approximate surface area is 203 Å². The van der Waals surface area contributed by atoms with Crippen molar-refractivity contribution in [2.45, 2.75) is 68.7 Å². The Balaban J connectivity index is 1.28. The third kappa shape index (κ3) is 4.82. The molecule has 0 aromatic heterocycles. The monoisotopic (exact) mass is 483 g/mol. The molecule has 6 nitrogen and oxygen atoms in total. The number of nitrogens with two attached hydrogens (primary N) is 1. The Morgan fingerprint density at radius 2 is 1.69 bits per heavy atom. The van der Waals surface area contributed by atoms with Crippen molar-refractivity contribution in [3.63, 3.8) is 0 Å². The average Bonchev–Trinajstić information content (AvgIpc) is 3.55. The first-order valence-electron chi connectivity index (χ1n) is 12.4. The van der Waals surface area contributed by atoms with Crippen molar-refractivity contribution >= 4 is 11.8 Å². The molecule has 0 radical (unpaired) electrons. The number of nitrogens with zero attached hydrogens (tertiary/aromatic N) is 2. The molecule has 1 saturated carbocycles.